The van der Waals surface area contributed by atoms with Gasteiger partial charge in [0, 0.05) is 5.56 Å². The van der Waals surface area contributed by atoms with E-state index in [2.05, 4.69) is 6.07 Å². The number of rotatable bonds is 3. The van der Waals surface area contributed by atoms with Gasteiger partial charge in [-0.25, -0.2) is 0 Å². The van der Waals surface area contributed by atoms with E-state index < -0.39 is 5.41 Å². The Morgan fingerprint density at radius 3 is 2.50 bits per heavy atom. The molecule has 0 atom stereocenters. The molecule has 0 N–H and O–H groups in total. The van der Waals surface area contributed by atoms with Gasteiger partial charge in [-0.15, -0.1) is 0 Å². The average Bonchev–Trinajstić information content (AvgIpc) is 2.28. The Morgan fingerprint density at radius 1 is 1.31 bits per heavy atom. The third-order valence-corrected chi connectivity index (χ3v) is 2.83. The monoisotopic (exact) mass is 219 g/mol. The first-order chi connectivity index (χ1) is 7.75. The summed E-state index contributed by atoms with van der Waals surface area (Å²) in [5.41, 5.74) is 0.253. The lowest BCUT2D eigenvalue weighted by atomic mass is 9.79. The molecule has 4 nitrogen and oxygen atoms in total. The van der Waals surface area contributed by atoms with Gasteiger partial charge in [0.15, 0.2) is 0 Å². The second kappa shape index (κ2) is 4.03. The van der Waals surface area contributed by atoms with Gasteiger partial charge in [-0.2, -0.15) is 5.26 Å². The van der Waals surface area contributed by atoms with Crippen LogP contribution in [0.2, 0.25) is 0 Å². The topological polar surface area (TPSA) is 51.5 Å². The predicted molar refractivity (Wildman–Crippen MR) is 57.7 cm³/mol. The van der Waals surface area contributed by atoms with Crippen LogP contribution in [0.4, 0.5) is 0 Å². The van der Waals surface area contributed by atoms with Crippen molar-refractivity contribution >= 4 is 0 Å². The molecule has 0 radical (unpaired) electrons. The number of ether oxygens (including phenoxy) is 3. The Morgan fingerprint density at radius 2 is 2.06 bits per heavy atom. The minimum Gasteiger partial charge on any atom is -0.497 e. The van der Waals surface area contributed by atoms with E-state index in [0.717, 1.165) is 11.3 Å². The molecule has 84 valence electrons. The van der Waals surface area contributed by atoms with Gasteiger partial charge < -0.3 is 14.2 Å². The molecule has 1 heterocycles. The van der Waals surface area contributed by atoms with E-state index in [1.165, 1.54) is 0 Å². The van der Waals surface area contributed by atoms with Crippen molar-refractivity contribution in [1.29, 1.82) is 5.26 Å². The number of hydrogen-bond acceptors (Lipinski definition) is 4. The lowest BCUT2D eigenvalue weighted by Crippen LogP contribution is -2.45. The second-order valence-electron chi connectivity index (χ2n) is 3.75. The molecule has 0 amide bonds. The zero-order chi connectivity index (χ0) is 11.6. The Labute approximate surface area is 94.3 Å². The highest BCUT2D eigenvalue weighted by Crippen LogP contribution is 2.39. The molecule has 0 bridgehead atoms. The highest BCUT2D eigenvalue weighted by Gasteiger charge is 2.43. The van der Waals surface area contributed by atoms with Crippen molar-refractivity contribution in [2.75, 3.05) is 27.4 Å². The van der Waals surface area contributed by atoms with E-state index in [1.807, 2.05) is 18.2 Å². The summed E-state index contributed by atoms with van der Waals surface area (Å²) in [6.07, 6.45) is 0. The van der Waals surface area contributed by atoms with Gasteiger partial charge in [0.25, 0.3) is 0 Å². The summed E-state index contributed by atoms with van der Waals surface area (Å²) in [6, 6.07) is 7.76. The minimum atomic E-state index is -0.583. The van der Waals surface area contributed by atoms with E-state index in [1.54, 1.807) is 14.2 Å². The van der Waals surface area contributed by atoms with Gasteiger partial charge in [-0.05, 0) is 18.2 Å². The lowest BCUT2D eigenvalue weighted by molar-refractivity contribution is -0.0307. The highest BCUT2D eigenvalue weighted by atomic mass is 16.5. The van der Waals surface area contributed by atoms with Gasteiger partial charge in [0.2, 0.25) is 0 Å². The van der Waals surface area contributed by atoms with Crippen molar-refractivity contribution < 1.29 is 14.2 Å². The highest BCUT2D eigenvalue weighted by molar-refractivity contribution is 5.49. The van der Waals surface area contributed by atoms with Crippen LogP contribution in [0.15, 0.2) is 18.2 Å². The van der Waals surface area contributed by atoms with Crippen LogP contribution in [0, 0.1) is 11.3 Å². The lowest BCUT2D eigenvalue weighted by Gasteiger charge is -2.36. The summed E-state index contributed by atoms with van der Waals surface area (Å²) >= 11 is 0. The fourth-order valence-corrected chi connectivity index (χ4v) is 1.77. The molecule has 0 aromatic heterocycles. The second-order valence-corrected chi connectivity index (χ2v) is 3.75. The summed E-state index contributed by atoms with van der Waals surface area (Å²) in [6.45, 7) is 0.819. The van der Waals surface area contributed by atoms with Crippen LogP contribution in [0.25, 0.3) is 0 Å². The van der Waals surface area contributed by atoms with Crippen molar-refractivity contribution in [1.82, 2.24) is 0 Å². The number of benzene rings is 1. The van der Waals surface area contributed by atoms with E-state index in [4.69, 9.17) is 14.2 Å². The molecule has 16 heavy (non-hydrogen) atoms. The number of nitrogens with zero attached hydrogens (tertiary/aromatic N) is 1. The van der Waals surface area contributed by atoms with Crippen molar-refractivity contribution in [3.8, 4) is 17.6 Å². The number of hydrogen-bond donors (Lipinski definition) is 0. The molecule has 1 aliphatic rings. The molecule has 1 aromatic rings. The quantitative estimate of drug-likeness (QED) is 0.773. The Kier molecular flexibility index (Phi) is 2.71. The molecule has 0 unspecified atom stereocenters. The van der Waals surface area contributed by atoms with Crippen molar-refractivity contribution in [3.63, 3.8) is 0 Å². The third kappa shape index (κ3) is 1.50. The molecule has 1 aliphatic heterocycles. The van der Waals surface area contributed by atoms with Crippen molar-refractivity contribution in [3.05, 3.63) is 23.8 Å². The largest absolute Gasteiger partial charge is 0.497 e. The molecule has 1 fully saturated rings. The van der Waals surface area contributed by atoms with E-state index in [-0.39, 0.29) is 0 Å². The van der Waals surface area contributed by atoms with E-state index in [0.29, 0.717) is 19.0 Å². The van der Waals surface area contributed by atoms with Crippen LogP contribution in [0.5, 0.6) is 11.5 Å². The van der Waals surface area contributed by atoms with Crippen LogP contribution in [-0.4, -0.2) is 27.4 Å². The first-order valence-corrected chi connectivity index (χ1v) is 4.97. The van der Waals surface area contributed by atoms with Gasteiger partial charge in [-0.1, -0.05) is 0 Å². The standard InChI is InChI=1S/C12H13NO3/c1-14-9-3-4-11(15-2)10(5-9)12(6-13)7-16-8-12/h3-5H,7-8H2,1-2H3. The van der Waals surface area contributed by atoms with Crippen LogP contribution in [0.1, 0.15) is 5.56 Å². The predicted octanol–water partition coefficient (Wildman–Crippen LogP) is 1.50. The fraction of sp³-hybridized carbons (Fsp3) is 0.417. The van der Waals surface area contributed by atoms with Crippen LogP contribution < -0.4 is 9.47 Å². The molecular formula is C12H13NO3. The fourth-order valence-electron chi connectivity index (χ4n) is 1.77. The summed E-state index contributed by atoms with van der Waals surface area (Å²) < 4.78 is 15.6. The zero-order valence-electron chi connectivity index (χ0n) is 9.32. The van der Waals surface area contributed by atoms with Crippen molar-refractivity contribution in [2.24, 2.45) is 0 Å². The molecule has 0 aliphatic carbocycles. The molecule has 0 saturated carbocycles. The molecule has 2 rings (SSSR count). The summed E-state index contributed by atoms with van der Waals surface area (Å²) in [5, 5.41) is 9.25. The number of nitriles is 1. The molecule has 1 aromatic carbocycles. The van der Waals surface area contributed by atoms with Crippen LogP contribution in [-0.2, 0) is 10.2 Å². The van der Waals surface area contributed by atoms with Crippen LogP contribution >= 0.6 is 0 Å². The zero-order valence-corrected chi connectivity index (χ0v) is 9.32. The first-order valence-electron chi connectivity index (χ1n) is 4.97. The summed E-state index contributed by atoms with van der Waals surface area (Å²) in [4.78, 5) is 0. The number of methoxy groups -OCH3 is 2. The molecular weight excluding hydrogens is 206 g/mol. The normalized spacial score (nSPS) is 17.1. The average molecular weight is 219 g/mol. The summed E-state index contributed by atoms with van der Waals surface area (Å²) in [5.74, 6) is 1.42. The SMILES string of the molecule is COc1ccc(OC)c(C2(C#N)COC2)c1. The maximum Gasteiger partial charge on any atom is 0.132 e. The van der Waals surface area contributed by atoms with Gasteiger partial charge >= 0.3 is 0 Å². The smallest absolute Gasteiger partial charge is 0.132 e. The van der Waals surface area contributed by atoms with Gasteiger partial charge in [-0.3, -0.25) is 0 Å². The molecule has 4 heteroatoms. The first kappa shape index (κ1) is 10.8. The maximum atomic E-state index is 9.25. The van der Waals surface area contributed by atoms with Gasteiger partial charge in [0.05, 0.1) is 33.5 Å². The van der Waals surface area contributed by atoms with Crippen LogP contribution in [0.3, 0.4) is 0 Å². The van der Waals surface area contributed by atoms with E-state index >= 15 is 0 Å². The Hall–Kier alpha value is -1.73. The summed E-state index contributed by atoms with van der Waals surface area (Å²) in [7, 11) is 3.19. The van der Waals surface area contributed by atoms with E-state index in [9.17, 15) is 5.26 Å². The maximum absolute atomic E-state index is 9.25. The van der Waals surface area contributed by atoms with Gasteiger partial charge in [0.1, 0.15) is 16.9 Å². The Balaban J connectivity index is 2.49. The molecule has 1 saturated heterocycles. The minimum absolute atomic E-state index is 0.410. The third-order valence-electron chi connectivity index (χ3n) is 2.83. The Bertz CT molecular complexity index is 432. The van der Waals surface area contributed by atoms with Crippen molar-refractivity contribution in [2.45, 2.75) is 5.41 Å². The molecule has 0 spiro atoms.